The number of amides is 1. The lowest BCUT2D eigenvalue weighted by Crippen LogP contribution is -2.12. The van der Waals surface area contributed by atoms with Gasteiger partial charge in [0.25, 0.3) is 5.91 Å². The van der Waals surface area contributed by atoms with Crippen LogP contribution in [0.1, 0.15) is 22.0 Å². The van der Waals surface area contributed by atoms with Gasteiger partial charge in [0.2, 0.25) is 3.79 Å². The Morgan fingerprint density at radius 1 is 0.963 bits per heavy atom. The molecule has 1 aromatic heterocycles. The maximum Gasteiger partial charge on any atom is 0.255 e. The van der Waals surface area contributed by atoms with Gasteiger partial charge in [-0.05, 0) is 55.5 Å². The predicted octanol–water partition coefficient (Wildman–Crippen LogP) is 4.63. The SMILES string of the molecule is Cc1nc(-c2ccc(NC(=O)c3ccc(O)cc3)cc2)nc(C(Cl)(Cl)Cl)n1. The van der Waals surface area contributed by atoms with Crippen LogP contribution < -0.4 is 5.32 Å². The van der Waals surface area contributed by atoms with Gasteiger partial charge in [0.15, 0.2) is 11.6 Å². The topological polar surface area (TPSA) is 88.0 Å². The summed E-state index contributed by atoms with van der Waals surface area (Å²) in [6, 6.07) is 12.9. The summed E-state index contributed by atoms with van der Waals surface area (Å²) in [5, 5.41) is 12.0. The van der Waals surface area contributed by atoms with Gasteiger partial charge in [-0.2, -0.15) is 0 Å². The number of nitrogens with one attached hydrogen (secondary N) is 1. The van der Waals surface area contributed by atoms with Gasteiger partial charge in [-0.1, -0.05) is 34.8 Å². The summed E-state index contributed by atoms with van der Waals surface area (Å²) in [5.41, 5.74) is 1.69. The molecule has 2 N–H and O–H groups in total. The lowest BCUT2D eigenvalue weighted by Gasteiger charge is -2.11. The van der Waals surface area contributed by atoms with Crippen LogP contribution in [0.15, 0.2) is 48.5 Å². The van der Waals surface area contributed by atoms with Crippen LogP contribution in [0.5, 0.6) is 5.75 Å². The fraction of sp³-hybridized carbons (Fsp3) is 0.111. The molecule has 0 fully saturated rings. The minimum atomic E-state index is -1.75. The fourth-order valence-electron chi connectivity index (χ4n) is 2.26. The van der Waals surface area contributed by atoms with E-state index in [4.69, 9.17) is 34.8 Å². The van der Waals surface area contributed by atoms with Crippen LogP contribution >= 0.6 is 34.8 Å². The number of carbonyl (C=O) groups excluding carboxylic acids is 1. The highest BCUT2D eigenvalue weighted by molar-refractivity contribution is 6.66. The van der Waals surface area contributed by atoms with Crippen molar-refractivity contribution < 1.29 is 9.90 Å². The molecule has 1 amide bonds. The third-order valence-corrected chi connectivity index (χ3v) is 4.04. The minimum Gasteiger partial charge on any atom is -0.508 e. The van der Waals surface area contributed by atoms with Crippen LogP contribution in [-0.2, 0) is 3.79 Å². The largest absolute Gasteiger partial charge is 0.508 e. The molecule has 0 unspecified atom stereocenters. The highest BCUT2D eigenvalue weighted by atomic mass is 35.6. The van der Waals surface area contributed by atoms with Crippen molar-refractivity contribution in [3.63, 3.8) is 0 Å². The standard InChI is InChI=1S/C18H13Cl3N4O2/c1-10-22-15(25-17(23-10)18(19,20)21)11-2-6-13(7-3-11)24-16(27)12-4-8-14(26)9-5-12/h2-9,26H,1H3,(H,24,27). The highest BCUT2D eigenvalue weighted by Crippen LogP contribution is 2.36. The number of hydrogen-bond acceptors (Lipinski definition) is 5. The summed E-state index contributed by atoms with van der Waals surface area (Å²) >= 11 is 17.6. The van der Waals surface area contributed by atoms with Crippen molar-refractivity contribution in [1.82, 2.24) is 15.0 Å². The Balaban J connectivity index is 1.80. The van der Waals surface area contributed by atoms with E-state index >= 15 is 0 Å². The predicted molar refractivity (Wildman–Crippen MR) is 105 cm³/mol. The maximum atomic E-state index is 12.2. The van der Waals surface area contributed by atoms with Crippen molar-refractivity contribution in [3.8, 4) is 17.1 Å². The third-order valence-electron chi connectivity index (χ3n) is 3.53. The average molecular weight is 424 g/mol. The first-order valence-electron chi connectivity index (χ1n) is 7.73. The van der Waals surface area contributed by atoms with Crippen LogP contribution in [0.3, 0.4) is 0 Å². The van der Waals surface area contributed by atoms with E-state index in [1.807, 2.05) is 0 Å². The Hall–Kier alpha value is -2.41. The molecule has 27 heavy (non-hydrogen) atoms. The van der Waals surface area contributed by atoms with E-state index in [2.05, 4.69) is 20.3 Å². The third kappa shape index (κ3) is 4.86. The van der Waals surface area contributed by atoms with Gasteiger partial charge in [-0.15, -0.1) is 0 Å². The second-order valence-corrected chi connectivity index (χ2v) is 7.89. The summed E-state index contributed by atoms with van der Waals surface area (Å²) < 4.78 is -1.75. The Bertz CT molecular complexity index is 971. The van der Waals surface area contributed by atoms with Crippen LogP contribution in [-0.4, -0.2) is 26.0 Å². The highest BCUT2D eigenvalue weighted by Gasteiger charge is 2.28. The number of anilines is 1. The quantitative estimate of drug-likeness (QED) is 0.600. The molecule has 0 saturated carbocycles. The molecule has 0 saturated heterocycles. The minimum absolute atomic E-state index is 0.0414. The summed E-state index contributed by atoms with van der Waals surface area (Å²) in [6.07, 6.45) is 0. The molecule has 0 radical (unpaired) electrons. The van der Waals surface area contributed by atoms with Crippen LogP contribution in [0.4, 0.5) is 5.69 Å². The lowest BCUT2D eigenvalue weighted by molar-refractivity contribution is 0.102. The van der Waals surface area contributed by atoms with Crippen molar-refractivity contribution in [2.45, 2.75) is 10.7 Å². The van der Waals surface area contributed by atoms with Crippen molar-refractivity contribution >= 4 is 46.4 Å². The van der Waals surface area contributed by atoms with Gasteiger partial charge < -0.3 is 10.4 Å². The molecule has 3 rings (SSSR count). The zero-order valence-electron chi connectivity index (χ0n) is 13.9. The molecule has 0 spiro atoms. The Kier molecular flexibility index (Phi) is 5.51. The molecular formula is C18H13Cl3N4O2. The number of benzene rings is 2. The molecule has 2 aromatic carbocycles. The molecule has 138 valence electrons. The molecule has 0 aliphatic carbocycles. The van der Waals surface area contributed by atoms with Crippen molar-refractivity contribution in [1.29, 1.82) is 0 Å². The summed E-state index contributed by atoms with van der Waals surface area (Å²) in [6.45, 7) is 1.68. The van der Waals surface area contributed by atoms with E-state index in [1.54, 1.807) is 31.2 Å². The van der Waals surface area contributed by atoms with Gasteiger partial charge in [-0.25, -0.2) is 15.0 Å². The molecule has 0 aliphatic heterocycles. The van der Waals surface area contributed by atoms with Crippen LogP contribution in [0.2, 0.25) is 0 Å². The first-order chi connectivity index (χ1) is 12.7. The molecule has 6 nitrogen and oxygen atoms in total. The number of aromatic hydroxyl groups is 1. The van der Waals surface area contributed by atoms with Crippen LogP contribution in [0, 0.1) is 6.92 Å². The first-order valence-corrected chi connectivity index (χ1v) is 8.86. The number of nitrogens with zero attached hydrogens (tertiary/aromatic N) is 3. The second kappa shape index (κ2) is 7.68. The van der Waals surface area contributed by atoms with Crippen LogP contribution in [0.25, 0.3) is 11.4 Å². The molecule has 0 aliphatic rings. The molecule has 0 bridgehead atoms. The van der Waals surface area contributed by atoms with Gasteiger partial charge in [0.1, 0.15) is 11.6 Å². The molecule has 3 aromatic rings. The smallest absolute Gasteiger partial charge is 0.255 e. The Morgan fingerprint density at radius 3 is 2.19 bits per heavy atom. The maximum absolute atomic E-state index is 12.2. The number of rotatable bonds is 3. The molecule has 9 heteroatoms. The van der Waals surface area contributed by atoms with E-state index < -0.39 is 3.79 Å². The van der Waals surface area contributed by atoms with Gasteiger partial charge in [-0.3, -0.25) is 4.79 Å². The van der Waals surface area contributed by atoms with Crippen molar-refractivity contribution in [3.05, 3.63) is 65.7 Å². The van der Waals surface area contributed by atoms with Gasteiger partial charge in [0.05, 0.1) is 0 Å². The summed E-state index contributed by atoms with van der Waals surface area (Å²) in [5.74, 6) is 0.626. The number of halogens is 3. The van der Waals surface area contributed by atoms with E-state index in [9.17, 15) is 9.90 Å². The monoisotopic (exact) mass is 422 g/mol. The number of phenolic OH excluding ortho intramolecular Hbond substituents is 1. The molecule has 0 atom stereocenters. The van der Waals surface area contributed by atoms with E-state index in [0.717, 1.165) is 0 Å². The average Bonchev–Trinajstić information content (AvgIpc) is 2.61. The van der Waals surface area contributed by atoms with E-state index in [1.165, 1.54) is 24.3 Å². The van der Waals surface area contributed by atoms with Crippen molar-refractivity contribution in [2.75, 3.05) is 5.32 Å². The first kappa shape index (κ1) is 19.4. The number of phenols is 1. The van der Waals surface area contributed by atoms with Gasteiger partial charge >= 0.3 is 0 Å². The lowest BCUT2D eigenvalue weighted by atomic mass is 10.1. The Labute approximate surface area is 170 Å². The number of aromatic nitrogens is 3. The number of carbonyl (C=O) groups is 1. The van der Waals surface area contributed by atoms with Crippen molar-refractivity contribution in [2.24, 2.45) is 0 Å². The van der Waals surface area contributed by atoms with Gasteiger partial charge in [0, 0.05) is 16.8 Å². The number of aryl methyl sites for hydroxylation is 1. The zero-order valence-corrected chi connectivity index (χ0v) is 16.2. The fourth-order valence-corrected chi connectivity index (χ4v) is 2.51. The number of hydrogen-bond donors (Lipinski definition) is 2. The second-order valence-electron chi connectivity index (χ2n) is 5.61. The summed E-state index contributed by atoms with van der Waals surface area (Å²) in [7, 11) is 0. The number of alkyl halides is 3. The van der Waals surface area contributed by atoms with E-state index in [-0.39, 0.29) is 17.5 Å². The molecule has 1 heterocycles. The Morgan fingerprint density at radius 2 is 1.59 bits per heavy atom. The summed E-state index contributed by atoms with van der Waals surface area (Å²) in [4.78, 5) is 24.7. The van der Waals surface area contributed by atoms with E-state index in [0.29, 0.717) is 28.5 Å². The normalized spacial score (nSPS) is 11.3. The zero-order chi connectivity index (χ0) is 19.6. The molecular weight excluding hydrogens is 411 g/mol.